The maximum Gasteiger partial charge on any atom is 0.247 e. The van der Waals surface area contributed by atoms with E-state index in [0.29, 0.717) is 36.4 Å². The van der Waals surface area contributed by atoms with Gasteiger partial charge in [0.05, 0.1) is 6.54 Å². The first-order chi connectivity index (χ1) is 13.0. The van der Waals surface area contributed by atoms with Crippen molar-refractivity contribution < 1.29 is 14.0 Å². The van der Waals surface area contributed by atoms with Crippen molar-refractivity contribution in [2.75, 3.05) is 35.2 Å². The molecule has 2 heterocycles. The van der Waals surface area contributed by atoms with E-state index < -0.39 is 6.04 Å². The molecule has 1 fully saturated rings. The fourth-order valence-electron chi connectivity index (χ4n) is 3.60. The number of benzene rings is 2. The Hall–Kier alpha value is -3.09. The van der Waals surface area contributed by atoms with Gasteiger partial charge in [-0.3, -0.25) is 9.59 Å². The summed E-state index contributed by atoms with van der Waals surface area (Å²) in [6.07, 6.45) is 0.320. The summed E-state index contributed by atoms with van der Waals surface area (Å²) in [6, 6.07) is 10.0. The van der Waals surface area contributed by atoms with Crippen LogP contribution >= 0.6 is 0 Å². The first-order valence-electron chi connectivity index (χ1n) is 8.98. The molecule has 1 saturated heterocycles. The second-order valence-corrected chi connectivity index (χ2v) is 6.93. The molecule has 0 spiro atoms. The summed E-state index contributed by atoms with van der Waals surface area (Å²) in [5.41, 5.74) is 3.73. The number of nitrogens with one attached hydrogen (secondary N) is 3. The van der Waals surface area contributed by atoms with E-state index in [1.54, 1.807) is 12.1 Å². The van der Waals surface area contributed by atoms with Gasteiger partial charge >= 0.3 is 0 Å². The van der Waals surface area contributed by atoms with Crippen LogP contribution in [0.1, 0.15) is 11.1 Å². The molecule has 0 aromatic heterocycles. The number of amides is 2. The summed E-state index contributed by atoms with van der Waals surface area (Å²) in [4.78, 5) is 26.2. The van der Waals surface area contributed by atoms with Gasteiger partial charge in [-0.1, -0.05) is 12.1 Å². The highest BCUT2D eigenvalue weighted by molar-refractivity contribution is 5.98. The second-order valence-electron chi connectivity index (χ2n) is 6.93. The molecule has 0 saturated carbocycles. The van der Waals surface area contributed by atoms with E-state index in [1.165, 1.54) is 6.07 Å². The molecule has 2 amide bonds. The van der Waals surface area contributed by atoms with Gasteiger partial charge in [-0.15, -0.1) is 0 Å². The Morgan fingerprint density at radius 3 is 2.93 bits per heavy atom. The third-order valence-electron chi connectivity index (χ3n) is 5.02. The topological polar surface area (TPSA) is 73.5 Å². The number of hydrogen-bond acceptors (Lipinski definition) is 4. The minimum atomic E-state index is -0.514. The minimum absolute atomic E-state index is 0.0130. The summed E-state index contributed by atoms with van der Waals surface area (Å²) < 4.78 is 14.0. The Bertz CT molecular complexity index is 884. The highest BCUT2D eigenvalue weighted by atomic mass is 19.1. The lowest BCUT2D eigenvalue weighted by Crippen LogP contribution is -2.47. The van der Waals surface area contributed by atoms with Gasteiger partial charge in [0.25, 0.3) is 0 Å². The lowest BCUT2D eigenvalue weighted by molar-refractivity contribution is -0.120. The molecule has 1 unspecified atom stereocenters. The van der Waals surface area contributed by atoms with Gasteiger partial charge in [-0.05, 0) is 36.8 Å². The zero-order valence-electron chi connectivity index (χ0n) is 15.0. The normalized spacial score (nSPS) is 18.5. The molecule has 2 aliphatic rings. The van der Waals surface area contributed by atoms with Crippen LogP contribution in [-0.4, -0.2) is 37.5 Å². The number of fused-ring (bicyclic) bond motifs is 1. The summed E-state index contributed by atoms with van der Waals surface area (Å²) in [5, 5.41) is 8.82. The molecule has 2 aromatic carbocycles. The summed E-state index contributed by atoms with van der Waals surface area (Å²) >= 11 is 0. The molecule has 27 heavy (non-hydrogen) atoms. The average molecular weight is 368 g/mol. The first-order valence-corrected chi connectivity index (χ1v) is 8.98. The van der Waals surface area contributed by atoms with Crippen LogP contribution in [0.15, 0.2) is 36.4 Å². The number of piperazine rings is 1. The Morgan fingerprint density at radius 1 is 1.30 bits per heavy atom. The highest BCUT2D eigenvalue weighted by Gasteiger charge is 2.30. The van der Waals surface area contributed by atoms with Crippen LogP contribution < -0.4 is 20.9 Å². The number of carbonyl (C=O) groups is 2. The molecule has 4 rings (SSSR count). The number of halogens is 1. The molecule has 0 bridgehead atoms. The lowest BCUT2D eigenvalue weighted by Gasteiger charge is -2.29. The van der Waals surface area contributed by atoms with E-state index in [1.807, 2.05) is 30.0 Å². The van der Waals surface area contributed by atoms with E-state index in [4.69, 9.17) is 0 Å². The van der Waals surface area contributed by atoms with E-state index >= 15 is 0 Å². The third-order valence-corrected chi connectivity index (χ3v) is 5.02. The fraction of sp³-hybridized carbons (Fsp3) is 0.300. The van der Waals surface area contributed by atoms with E-state index in [-0.39, 0.29) is 17.6 Å². The summed E-state index contributed by atoms with van der Waals surface area (Å²) in [7, 11) is 0. The lowest BCUT2D eigenvalue weighted by atomic mass is 10.1. The quantitative estimate of drug-likeness (QED) is 0.775. The van der Waals surface area contributed by atoms with Crippen molar-refractivity contribution in [3.63, 3.8) is 0 Å². The number of anilines is 3. The van der Waals surface area contributed by atoms with Crippen molar-refractivity contribution in [3.8, 4) is 0 Å². The molecular formula is C20H21FN4O2. The maximum absolute atomic E-state index is 14.0. The van der Waals surface area contributed by atoms with Crippen molar-refractivity contribution in [1.82, 2.24) is 5.32 Å². The van der Waals surface area contributed by atoms with Crippen LogP contribution in [0, 0.1) is 12.7 Å². The Labute approximate surface area is 156 Å². The van der Waals surface area contributed by atoms with Crippen molar-refractivity contribution in [1.29, 1.82) is 0 Å². The van der Waals surface area contributed by atoms with E-state index in [9.17, 15) is 14.0 Å². The Morgan fingerprint density at radius 2 is 2.15 bits per heavy atom. The van der Waals surface area contributed by atoms with Gasteiger partial charge in [0, 0.05) is 42.1 Å². The molecule has 6 nitrogen and oxygen atoms in total. The van der Waals surface area contributed by atoms with Crippen LogP contribution in [0.25, 0.3) is 0 Å². The highest BCUT2D eigenvalue weighted by Crippen LogP contribution is 2.32. The van der Waals surface area contributed by atoms with Crippen molar-refractivity contribution in [3.05, 3.63) is 53.3 Å². The fourth-order valence-corrected chi connectivity index (χ4v) is 3.60. The van der Waals surface area contributed by atoms with Gasteiger partial charge in [-0.25, -0.2) is 4.39 Å². The van der Waals surface area contributed by atoms with Crippen LogP contribution in [0.4, 0.5) is 21.5 Å². The standard InChI is InChI=1S/C20H21FN4O2/c1-12-5-6-16(21)15-10-17(24-19(12)15)20(27)23-13-3-2-4-14(9-13)25-8-7-22-18(26)11-25/h2-6,9,17,24H,7-8,10-11H2,1H3,(H,22,26)(H,23,27). The number of aryl methyl sites for hydroxylation is 1. The maximum atomic E-state index is 14.0. The molecule has 0 radical (unpaired) electrons. The second kappa shape index (κ2) is 6.90. The number of nitrogens with zero attached hydrogens (tertiary/aromatic N) is 1. The average Bonchev–Trinajstić information content (AvgIpc) is 3.12. The molecule has 0 aliphatic carbocycles. The van der Waals surface area contributed by atoms with Gasteiger partial charge in [0.1, 0.15) is 11.9 Å². The smallest absolute Gasteiger partial charge is 0.247 e. The van der Waals surface area contributed by atoms with Crippen molar-refractivity contribution in [2.45, 2.75) is 19.4 Å². The molecule has 140 valence electrons. The predicted molar refractivity (Wildman–Crippen MR) is 103 cm³/mol. The van der Waals surface area contributed by atoms with Crippen LogP contribution in [0.5, 0.6) is 0 Å². The van der Waals surface area contributed by atoms with Gasteiger partial charge in [-0.2, -0.15) is 0 Å². The Balaban J connectivity index is 1.46. The number of carbonyl (C=O) groups excluding carboxylic acids is 2. The van der Waals surface area contributed by atoms with Crippen LogP contribution in [0.2, 0.25) is 0 Å². The van der Waals surface area contributed by atoms with E-state index in [2.05, 4.69) is 16.0 Å². The van der Waals surface area contributed by atoms with Crippen molar-refractivity contribution in [2.24, 2.45) is 0 Å². The SMILES string of the molecule is Cc1ccc(F)c2c1NC(C(=O)Nc1cccc(N3CCNC(=O)C3)c1)C2. The molecule has 7 heteroatoms. The third kappa shape index (κ3) is 3.45. The van der Waals surface area contributed by atoms with Gasteiger partial charge in [0.15, 0.2) is 0 Å². The van der Waals surface area contributed by atoms with E-state index in [0.717, 1.165) is 17.8 Å². The molecular weight excluding hydrogens is 347 g/mol. The number of hydrogen-bond donors (Lipinski definition) is 3. The molecule has 2 aromatic rings. The predicted octanol–water partition coefficient (Wildman–Crippen LogP) is 2.05. The first kappa shape index (κ1) is 17.3. The Kier molecular flexibility index (Phi) is 4.43. The summed E-state index contributed by atoms with van der Waals surface area (Å²) in [5.74, 6) is -0.511. The summed E-state index contributed by atoms with van der Waals surface area (Å²) in [6.45, 7) is 3.52. The van der Waals surface area contributed by atoms with Gasteiger partial charge < -0.3 is 20.9 Å². The zero-order valence-corrected chi connectivity index (χ0v) is 15.0. The van der Waals surface area contributed by atoms with Crippen molar-refractivity contribution >= 4 is 28.9 Å². The molecule has 3 N–H and O–H groups in total. The molecule has 1 atom stereocenters. The minimum Gasteiger partial charge on any atom is -0.373 e. The number of rotatable bonds is 3. The largest absolute Gasteiger partial charge is 0.373 e. The van der Waals surface area contributed by atoms with Crippen LogP contribution in [0.3, 0.4) is 0 Å². The monoisotopic (exact) mass is 368 g/mol. The van der Waals surface area contributed by atoms with Gasteiger partial charge in [0.2, 0.25) is 11.8 Å². The van der Waals surface area contributed by atoms with Crippen LogP contribution in [-0.2, 0) is 16.0 Å². The zero-order chi connectivity index (χ0) is 19.0. The molecule has 2 aliphatic heterocycles.